The molecule has 0 saturated carbocycles. The first-order valence-corrected chi connectivity index (χ1v) is 10.1. The van der Waals surface area contributed by atoms with Crippen LogP contribution in [0.2, 0.25) is 0 Å². The second-order valence-electron chi connectivity index (χ2n) is 7.09. The Kier molecular flexibility index (Phi) is 6.34. The highest BCUT2D eigenvalue weighted by Gasteiger charge is 2.17. The van der Waals surface area contributed by atoms with Crippen molar-refractivity contribution in [2.45, 2.75) is 6.42 Å². The summed E-state index contributed by atoms with van der Waals surface area (Å²) in [5, 5.41) is 7.76. The van der Waals surface area contributed by atoms with Gasteiger partial charge in [-0.15, -0.1) is 0 Å². The number of nitrogens with zero attached hydrogens (tertiary/aromatic N) is 3. The normalized spacial score (nSPS) is 14.6. The second-order valence-corrected chi connectivity index (χ2v) is 7.09. The van der Waals surface area contributed by atoms with Gasteiger partial charge in [0.15, 0.2) is 0 Å². The SMILES string of the molecule is O=C(NCCCN1CCOCC1)c1cc(-c2ccccc2)nn1-c1ccccc1. The van der Waals surface area contributed by atoms with Crippen molar-refractivity contribution < 1.29 is 9.53 Å². The Bertz CT molecular complexity index is 919. The van der Waals surface area contributed by atoms with Crippen LogP contribution in [0, 0.1) is 0 Å². The van der Waals surface area contributed by atoms with E-state index in [4.69, 9.17) is 9.84 Å². The average Bonchev–Trinajstić information content (AvgIpc) is 3.24. The number of rotatable bonds is 7. The predicted molar refractivity (Wildman–Crippen MR) is 113 cm³/mol. The molecule has 1 saturated heterocycles. The van der Waals surface area contributed by atoms with E-state index in [1.54, 1.807) is 4.68 Å². The van der Waals surface area contributed by atoms with Crippen LogP contribution in [0.15, 0.2) is 66.7 Å². The minimum Gasteiger partial charge on any atom is -0.379 e. The van der Waals surface area contributed by atoms with Gasteiger partial charge in [-0.3, -0.25) is 9.69 Å². The van der Waals surface area contributed by atoms with Crippen LogP contribution in [0.4, 0.5) is 0 Å². The summed E-state index contributed by atoms with van der Waals surface area (Å²) in [6.45, 7) is 5.13. The highest BCUT2D eigenvalue weighted by molar-refractivity contribution is 5.94. The third-order valence-corrected chi connectivity index (χ3v) is 5.05. The molecule has 150 valence electrons. The molecule has 1 N–H and O–H groups in total. The lowest BCUT2D eigenvalue weighted by atomic mass is 10.1. The number of amides is 1. The maximum absolute atomic E-state index is 12.9. The van der Waals surface area contributed by atoms with Gasteiger partial charge in [-0.2, -0.15) is 5.10 Å². The first-order valence-electron chi connectivity index (χ1n) is 10.1. The fourth-order valence-electron chi connectivity index (χ4n) is 3.48. The number of hydrogen-bond acceptors (Lipinski definition) is 4. The Morgan fingerprint density at radius 3 is 2.41 bits per heavy atom. The van der Waals surface area contributed by atoms with Gasteiger partial charge < -0.3 is 10.1 Å². The molecule has 2 aromatic carbocycles. The smallest absolute Gasteiger partial charge is 0.270 e. The molecule has 29 heavy (non-hydrogen) atoms. The summed E-state index contributed by atoms with van der Waals surface area (Å²) in [5.74, 6) is -0.106. The summed E-state index contributed by atoms with van der Waals surface area (Å²) in [7, 11) is 0. The van der Waals surface area contributed by atoms with Gasteiger partial charge in [0.2, 0.25) is 0 Å². The van der Waals surface area contributed by atoms with Crippen LogP contribution in [0.1, 0.15) is 16.9 Å². The van der Waals surface area contributed by atoms with Crippen molar-refractivity contribution >= 4 is 5.91 Å². The van der Waals surface area contributed by atoms with Crippen LogP contribution in [0.5, 0.6) is 0 Å². The Labute approximate surface area is 171 Å². The van der Waals surface area contributed by atoms with Crippen molar-refractivity contribution in [1.82, 2.24) is 20.0 Å². The van der Waals surface area contributed by atoms with Crippen LogP contribution < -0.4 is 5.32 Å². The van der Waals surface area contributed by atoms with E-state index in [2.05, 4.69) is 10.2 Å². The van der Waals surface area contributed by atoms with Crippen LogP contribution >= 0.6 is 0 Å². The van der Waals surface area contributed by atoms with Gasteiger partial charge in [0.1, 0.15) is 5.69 Å². The first kappa shape index (κ1) is 19.4. The van der Waals surface area contributed by atoms with Crippen molar-refractivity contribution in [2.24, 2.45) is 0 Å². The lowest BCUT2D eigenvalue weighted by molar-refractivity contribution is 0.0374. The van der Waals surface area contributed by atoms with Crippen molar-refractivity contribution in [3.05, 3.63) is 72.4 Å². The Morgan fingerprint density at radius 2 is 1.69 bits per heavy atom. The number of morpholine rings is 1. The van der Waals surface area contributed by atoms with E-state index in [-0.39, 0.29) is 5.91 Å². The van der Waals surface area contributed by atoms with Gasteiger partial charge in [0, 0.05) is 25.2 Å². The lowest BCUT2D eigenvalue weighted by Gasteiger charge is -2.26. The number of carbonyl (C=O) groups excluding carboxylic acids is 1. The number of nitrogens with one attached hydrogen (secondary N) is 1. The third kappa shape index (κ3) is 4.91. The molecule has 0 spiro atoms. The molecule has 1 amide bonds. The number of carbonyl (C=O) groups is 1. The van der Waals surface area contributed by atoms with E-state index >= 15 is 0 Å². The molecule has 1 aliphatic rings. The molecule has 0 radical (unpaired) electrons. The Hall–Kier alpha value is -2.96. The zero-order valence-corrected chi connectivity index (χ0v) is 16.5. The summed E-state index contributed by atoms with van der Waals surface area (Å²) < 4.78 is 7.10. The molecule has 0 bridgehead atoms. The molecule has 1 aliphatic heterocycles. The fraction of sp³-hybridized carbons (Fsp3) is 0.304. The summed E-state index contributed by atoms with van der Waals surface area (Å²) in [5.41, 5.74) is 3.19. The molecule has 0 unspecified atom stereocenters. The standard InChI is InChI=1S/C23H26N4O2/c28-23(24-12-7-13-26-14-16-29-17-15-26)22-18-21(19-8-3-1-4-9-19)25-27(22)20-10-5-2-6-11-20/h1-6,8-11,18H,7,12-17H2,(H,24,28). The van der Waals surface area contributed by atoms with E-state index in [1.165, 1.54) is 0 Å². The van der Waals surface area contributed by atoms with Gasteiger partial charge in [-0.1, -0.05) is 48.5 Å². The average molecular weight is 390 g/mol. The van der Waals surface area contributed by atoms with Crippen LogP contribution in [0.25, 0.3) is 16.9 Å². The van der Waals surface area contributed by atoms with Crippen LogP contribution in [-0.4, -0.2) is 60.0 Å². The van der Waals surface area contributed by atoms with E-state index in [0.717, 1.165) is 56.2 Å². The quantitative estimate of drug-likeness (QED) is 0.630. The minimum atomic E-state index is -0.106. The van der Waals surface area contributed by atoms with Crippen LogP contribution in [0.3, 0.4) is 0 Å². The van der Waals surface area contributed by atoms with Gasteiger partial charge in [0.25, 0.3) is 5.91 Å². The van der Waals surface area contributed by atoms with Gasteiger partial charge in [-0.25, -0.2) is 4.68 Å². The Morgan fingerprint density at radius 1 is 1.00 bits per heavy atom. The molecule has 1 aromatic heterocycles. The zero-order valence-electron chi connectivity index (χ0n) is 16.5. The van der Waals surface area contributed by atoms with Gasteiger partial charge in [0.05, 0.1) is 24.6 Å². The lowest BCUT2D eigenvalue weighted by Crippen LogP contribution is -2.38. The Balaban J connectivity index is 1.47. The van der Waals surface area contributed by atoms with E-state index in [0.29, 0.717) is 12.2 Å². The summed E-state index contributed by atoms with van der Waals surface area (Å²) in [4.78, 5) is 15.3. The summed E-state index contributed by atoms with van der Waals surface area (Å²) in [6.07, 6.45) is 0.913. The second kappa shape index (κ2) is 9.49. The first-order chi connectivity index (χ1) is 14.3. The maximum atomic E-state index is 12.9. The molecule has 2 heterocycles. The molecule has 4 rings (SSSR count). The topological polar surface area (TPSA) is 59.4 Å². The molecule has 1 fully saturated rings. The summed E-state index contributed by atoms with van der Waals surface area (Å²) >= 11 is 0. The van der Waals surface area contributed by atoms with E-state index in [9.17, 15) is 4.79 Å². The van der Waals surface area contributed by atoms with Crippen LogP contribution in [-0.2, 0) is 4.74 Å². The molecule has 6 heteroatoms. The third-order valence-electron chi connectivity index (χ3n) is 5.05. The van der Waals surface area contributed by atoms with Crippen molar-refractivity contribution in [3.63, 3.8) is 0 Å². The number of para-hydroxylation sites is 1. The van der Waals surface area contributed by atoms with E-state index < -0.39 is 0 Å². The monoisotopic (exact) mass is 390 g/mol. The molecule has 0 aliphatic carbocycles. The number of aromatic nitrogens is 2. The zero-order chi connectivity index (χ0) is 19.9. The van der Waals surface area contributed by atoms with Crippen molar-refractivity contribution in [1.29, 1.82) is 0 Å². The minimum absolute atomic E-state index is 0.106. The number of benzene rings is 2. The molecular weight excluding hydrogens is 364 g/mol. The number of ether oxygens (including phenoxy) is 1. The van der Waals surface area contributed by atoms with Gasteiger partial charge >= 0.3 is 0 Å². The maximum Gasteiger partial charge on any atom is 0.270 e. The largest absolute Gasteiger partial charge is 0.379 e. The van der Waals surface area contributed by atoms with E-state index in [1.807, 2.05) is 66.7 Å². The van der Waals surface area contributed by atoms with Crippen molar-refractivity contribution in [3.8, 4) is 16.9 Å². The molecule has 0 atom stereocenters. The number of hydrogen-bond donors (Lipinski definition) is 1. The van der Waals surface area contributed by atoms with Gasteiger partial charge in [-0.05, 0) is 31.2 Å². The highest BCUT2D eigenvalue weighted by atomic mass is 16.5. The summed E-state index contributed by atoms with van der Waals surface area (Å²) in [6, 6.07) is 21.5. The molecule has 3 aromatic rings. The molecular formula is C23H26N4O2. The fourth-order valence-corrected chi connectivity index (χ4v) is 3.48. The molecule has 6 nitrogen and oxygen atoms in total. The highest BCUT2D eigenvalue weighted by Crippen LogP contribution is 2.21. The predicted octanol–water partition coefficient (Wildman–Crippen LogP) is 2.99. The van der Waals surface area contributed by atoms with Crippen molar-refractivity contribution in [2.75, 3.05) is 39.4 Å².